The number of nitrogens with two attached hydrogens (primary N) is 1. The Morgan fingerprint density at radius 3 is 2.83 bits per heavy atom. The molecule has 0 aliphatic carbocycles. The van der Waals surface area contributed by atoms with E-state index in [0.717, 1.165) is 26.9 Å². The Bertz CT molecular complexity index is 858. The molecule has 0 bridgehead atoms. The van der Waals surface area contributed by atoms with Crippen LogP contribution in [0.15, 0.2) is 21.7 Å². The van der Waals surface area contributed by atoms with E-state index >= 15 is 0 Å². The van der Waals surface area contributed by atoms with Crippen LogP contribution >= 0.6 is 22.7 Å². The predicted octanol–water partition coefficient (Wildman–Crippen LogP) is 1.02. The van der Waals surface area contributed by atoms with Gasteiger partial charge in [0.2, 0.25) is 5.91 Å². The third-order valence-electron chi connectivity index (χ3n) is 3.85. The number of aryl methyl sites for hydroxylation is 1. The van der Waals surface area contributed by atoms with E-state index in [4.69, 9.17) is 5.73 Å². The molecule has 3 N–H and O–H groups in total. The lowest BCUT2D eigenvalue weighted by Gasteiger charge is -2.21. The van der Waals surface area contributed by atoms with Gasteiger partial charge in [-0.05, 0) is 25.5 Å². The highest BCUT2D eigenvalue weighted by Gasteiger charge is 2.43. The lowest BCUT2D eigenvalue weighted by Crippen LogP contribution is -2.44. The van der Waals surface area contributed by atoms with E-state index in [-0.39, 0.29) is 22.7 Å². The highest BCUT2D eigenvalue weighted by molar-refractivity contribution is 7.91. The molecule has 3 rings (SSSR count). The second-order valence-electron chi connectivity index (χ2n) is 5.57. The summed E-state index contributed by atoms with van der Waals surface area (Å²) in [6.07, 6.45) is 0.322. The second-order valence-corrected chi connectivity index (χ2v) is 9.83. The lowest BCUT2D eigenvalue weighted by atomic mass is 10.2. The van der Waals surface area contributed by atoms with Gasteiger partial charge in [-0.15, -0.1) is 22.7 Å². The number of carbonyl (C=O) groups excluding carboxylic acids is 1. The summed E-state index contributed by atoms with van der Waals surface area (Å²) in [6.45, 7) is 2.04. The number of likely N-dealkylation sites (N-methyl/N-ethyl adjacent to an activating group) is 1. The van der Waals surface area contributed by atoms with E-state index in [9.17, 15) is 13.2 Å². The highest BCUT2D eigenvalue weighted by Crippen LogP contribution is 2.35. The molecular formula is C14H18N4O3S3. The van der Waals surface area contributed by atoms with Crippen LogP contribution in [0.1, 0.15) is 11.4 Å². The van der Waals surface area contributed by atoms with Gasteiger partial charge in [-0.25, -0.2) is 13.4 Å². The fourth-order valence-electron chi connectivity index (χ4n) is 2.70. The lowest BCUT2D eigenvalue weighted by molar-refractivity contribution is -0.123. The number of hydrogen-bond acceptors (Lipinski definition) is 7. The number of amides is 1. The Hall–Kier alpha value is -1.33. The van der Waals surface area contributed by atoms with Gasteiger partial charge in [0, 0.05) is 25.0 Å². The maximum absolute atomic E-state index is 12.9. The summed E-state index contributed by atoms with van der Waals surface area (Å²) in [6, 6.07) is 2.20. The van der Waals surface area contributed by atoms with E-state index in [1.807, 2.05) is 12.3 Å². The van der Waals surface area contributed by atoms with Crippen LogP contribution in [-0.4, -0.2) is 49.3 Å². The molecule has 1 aliphatic rings. The molecule has 1 aliphatic heterocycles. The van der Waals surface area contributed by atoms with Gasteiger partial charge in [0.05, 0.1) is 15.6 Å². The Labute approximate surface area is 148 Å². The number of nitrogens with one attached hydrogen (secondary N) is 1. The summed E-state index contributed by atoms with van der Waals surface area (Å²) in [5, 5.41) is 5.33. The van der Waals surface area contributed by atoms with Gasteiger partial charge in [0.15, 0.2) is 0 Å². The zero-order chi connectivity index (χ0) is 17.5. The summed E-state index contributed by atoms with van der Waals surface area (Å²) < 4.78 is 27.3. The Kier molecular flexibility index (Phi) is 4.76. The first kappa shape index (κ1) is 17.5. The molecule has 0 saturated carbocycles. The van der Waals surface area contributed by atoms with Crippen LogP contribution < -0.4 is 11.1 Å². The van der Waals surface area contributed by atoms with Crippen LogP contribution in [-0.2, 0) is 14.8 Å². The average Bonchev–Trinajstić information content (AvgIpc) is 3.25. The quantitative estimate of drug-likeness (QED) is 0.816. The SMILES string of the molecule is CNC(=O)[C@@H]1C[C@@H](N)CN1S(=O)(=O)c1ccc(-c2csc(C)n2)s1. The van der Waals surface area contributed by atoms with Crippen molar-refractivity contribution in [2.45, 2.75) is 29.6 Å². The molecule has 0 aromatic carbocycles. The minimum absolute atomic E-state index is 0.142. The molecule has 2 aromatic rings. The third kappa shape index (κ3) is 3.11. The molecular weight excluding hydrogens is 368 g/mol. The van der Waals surface area contributed by atoms with E-state index in [1.54, 1.807) is 12.1 Å². The first-order valence-corrected chi connectivity index (χ1v) is 10.5. The Morgan fingerprint density at radius 1 is 1.46 bits per heavy atom. The predicted molar refractivity (Wildman–Crippen MR) is 94.5 cm³/mol. The van der Waals surface area contributed by atoms with Crippen LogP contribution in [0.4, 0.5) is 0 Å². The van der Waals surface area contributed by atoms with E-state index in [1.165, 1.54) is 22.7 Å². The summed E-state index contributed by atoms with van der Waals surface area (Å²) in [5.41, 5.74) is 6.66. The number of hydrogen-bond donors (Lipinski definition) is 2. The van der Waals surface area contributed by atoms with Crippen molar-refractivity contribution in [2.75, 3.05) is 13.6 Å². The molecule has 1 saturated heterocycles. The van der Waals surface area contributed by atoms with E-state index < -0.39 is 16.1 Å². The molecule has 0 unspecified atom stereocenters. The molecule has 130 valence electrons. The number of thiophene rings is 1. The minimum atomic E-state index is -3.77. The second kappa shape index (κ2) is 6.52. The molecule has 0 spiro atoms. The number of carbonyl (C=O) groups is 1. The van der Waals surface area contributed by atoms with Gasteiger partial charge < -0.3 is 11.1 Å². The Morgan fingerprint density at radius 2 is 2.21 bits per heavy atom. The molecule has 10 heteroatoms. The van der Waals surface area contributed by atoms with Gasteiger partial charge in [0.25, 0.3) is 10.0 Å². The van der Waals surface area contributed by atoms with Crippen molar-refractivity contribution in [3.05, 3.63) is 22.5 Å². The number of aromatic nitrogens is 1. The maximum atomic E-state index is 12.9. The van der Waals surface area contributed by atoms with Crippen LogP contribution in [0.3, 0.4) is 0 Å². The van der Waals surface area contributed by atoms with E-state index in [0.29, 0.717) is 6.42 Å². The van der Waals surface area contributed by atoms with Crippen LogP contribution in [0.25, 0.3) is 10.6 Å². The maximum Gasteiger partial charge on any atom is 0.253 e. The van der Waals surface area contributed by atoms with Crippen LogP contribution in [0.2, 0.25) is 0 Å². The number of rotatable bonds is 4. The number of nitrogens with zero attached hydrogens (tertiary/aromatic N) is 2. The molecule has 7 nitrogen and oxygen atoms in total. The van der Waals surface area contributed by atoms with Crippen molar-refractivity contribution < 1.29 is 13.2 Å². The fourth-order valence-corrected chi connectivity index (χ4v) is 6.43. The Balaban J connectivity index is 1.93. The van der Waals surface area contributed by atoms with Crippen LogP contribution in [0.5, 0.6) is 0 Å². The normalized spacial score (nSPS) is 22.0. The third-order valence-corrected chi connectivity index (χ3v) is 8.08. The van der Waals surface area contributed by atoms with Gasteiger partial charge >= 0.3 is 0 Å². The smallest absolute Gasteiger partial charge is 0.253 e. The molecule has 2 aromatic heterocycles. The molecule has 1 fully saturated rings. The molecule has 0 radical (unpaired) electrons. The first-order chi connectivity index (χ1) is 11.3. The standard InChI is InChI=1S/C14H18N4O3S3/c1-8-17-10(7-22-8)12-3-4-13(23-12)24(20,21)18-6-9(15)5-11(18)14(19)16-2/h3-4,7,9,11H,5-6,15H2,1-2H3,(H,16,19)/t9-,11+/m1/s1. The van der Waals surface area contributed by atoms with Crippen molar-refractivity contribution in [2.24, 2.45) is 5.73 Å². The number of sulfonamides is 1. The summed E-state index contributed by atoms with van der Waals surface area (Å²) in [5.74, 6) is -0.335. The van der Waals surface area contributed by atoms with Gasteiger partial charge in [0.1, 0.15) is 10.3 Å². The largest absolute Gasteiger partial charge is 0.358 e. The number of thiazole rings is 1. The molecule has 1 amide bonds. The zero-order valence-corrected chi connectivity index (χ0v) is 15.7. The highest BCUT2D eigenvalue weighted by atomic mass is 32.2. The molecule has 2 atom stereocenters. The molecule has 24 heavy (non-hydrogen) atoms. The van der Waals surface area contributed by atoms with Gasteiger partial charge in [-0.2, -0.15) is 4.31 Å². The van der Waals surface area contributed by atoms with Gasteiger partial charge in [-0.3, -0.25) is 4.79 Å². The molecule has 3 heterocycles. The topological polar surface area (TPSA) is 105 Å². The first-order valence-electron chi connectivity index (χ1n) is 7.34. The summed E-state index contributed by atoms with van der Waals surface area (Å²) in [7, 11) is -2.28. The van der Waals surface area contributed by atoms with Crippen LogP contribution in [0, 0.1) is 6.92 Å². The monoisotopic (exact) mass is 386 g/mol. The van der Waals surface area contributed by atoms with E-state index in [2.05, 4.69) is 10.3 Å². The summed E-state index contributed by atoms with van der Waals surface area (Å²) in [4.78, 5) is 17.2. The minimum Gasteiger partial charge on any atom is -0.358 e. The van der Waals surface area contributed by atoms with Crippen molar-refractivity contribution in [3.63, 3.8) is 0 Å². The average molecular weight is 387 g/mol. The van der Waals surface area contributed by atoms with Gasteiger partial charge in [-0.1, -0.05) is 0 Å². The van der Waals surface area contributed by atoms with Crippen molar-refractivity contribution in [1.82, 2.24) is 14.6 Å². The van der Waals surface area contributed by atoms with Crippen molar-refractivity contribution >= 4 is 38.6 Å². The summed E-state index contributed by atoms with van der Waals surface area (Å²) >= 11 is 2.67. The zero-order valence-electron chi connectivity index (χ0n) is 13.2. The van der Waals surface area contributed by atoms with Crippen molar-refractivity contribution in [3.8, 4) is 10.6 Å². The fraction of sp³-hybridized carbons (Fsp3) is 0.429. The van der Waals surface area contributed by atoms with Crippen molar-refractivity contribution in [1.29, 1.82) is 0 Å².